The van der Waals surface area contributed by atoms with Crippen molar-refractivity contribution < 1.29 is 27.2 Å². The Morgan fingerprint density at radius 3 is 2.81 bits per heavy atom. The average molecular weight is 479 g/mol. The van der Waals surface area contributed by atoms with Gasteiger partial charge in [0.25, 0.3) is 0 Å². The second-order valence-electron chi connectivity index (χ2n) is 7.03. The number of amides is 1. The molecule has 0 atom stereocenters. The van der Waals surface area contributed by atoms with E-state index in [1.54, 1.807) is 37.1 Å². The predicted molar refractivity (Wildman–Crippen MR) is 116 cm³/mol. The van der Waals surface area contributed by atoms with Crippen LogP contribution >= 0.6 is 11.3 Å². The Balaban J connectivity index is 1.49. The Bertz CT molecular complexity index is 1210. The number of rotatable bonds is 7. The molecule has 0 bridgehead atoms. The zero-order valence-corrected chi connectivity index (χ0v) is 19.2. The molecule has 1 aliphatic rings. The Hall–Kier alpha value is -2.80. The van der Waals surface area contributed by atoms with Gasteiger partial charge in [-0.15, -0.1) is 11.3 Å². The minimum Gasteiger partial charge on any atom is -0.497 e. The molecule has 1 aromatic carbocycles. The molecule has 0 aliphatic carbocycles. The molecule has 1 amide bonds. The first-order valence-corrected chi connectivity index (χ1v) is 12.1. The fourth-order valence-electron chi connectivity index (χ4n) is 3.19. The summed E-state index contributed by atoms with van der Waals surface area (Å²) in [6.45, 7) is 3.65. The number of morpholine rings is 1. The highest BCUT2D eigenvalue weighted by Crippen LogP contribution is 2.32. The molecule has 0 unspecified atom stereocenters. The summed E-state index contributed by atoms with van der Waals surface area (Å²) in [5, 5.41) is 3.87. The van der Waals surface area contributed by atoms with Gasteiger partial charge < -0.3 is 18.9 Å². The van der Waals surface area contributed by atoms with E-state index in [-0.39, 0.29) is 29.1 Å². The molecule has 1 fully saturated rings. The van der Waals surface area contributed by atoms with Gasteiger partial charge in [-0.25, -0.2) is 13.1 Å². The molecule has 12 heteroatoms. The fourth-order valence-corrected chi connectivity index (χ4v) is 5.73. The monoisotopic (exact) mass is 478 g/mol. The van der Waals surface area contributed by atoms with Crippen LogP contribution in [0.2, 0.25) is 0 Å². The molecule has 1 aliphatic heterocycles. The molecular weight excluding hydrogens is 456 g/mol. The number of carbonyl (C=O) groups excluding carboxylic acids is 1. The quantitative estimate of drug-likeness (QED) is 0.547. The van der Waals surface area contributed by atoms with Crippen molar-refractivity contribution >= 4 is 27.3 Å². The third kappa shape index (κ3) is 4.83. The van der Waals surface area contributed by atoms with E-state index >= 15 is 0 Å². The minimum absolute atomic E-state index is 0.116. The lowest BCUT2D eigenvalue weighted by Gasteiger charge is -2.25. The van der Waals surface area contributed by atoms with E-state index in [4.69, 9.17) is 14.0 Å². The number of aromatic nitrogens is 2. The summed E-state index contributed by atoms with van der Waals surface area (Å²) in [5.74, 6) is 0.320. The van der Waals surface area contributed by atoms with Crippen LogP contribution in [0.25, 0.3) is 10.7 Å². The van der Waals surface area contributed by atoms with Crippen molar-refractivity contribution in [2.75, 3.05) is 33.4 Å². The van der Waals surface area contributed by atoms with Gasteiger partial charge in [-0.1, -0.05) is 17.3 Å². The maximum Gasteiger partial charge on any atom is 0.316 e. The number of ether oxygens (including phenoxy) is 2. The molecule has 2 aromatic heterocycles. The zero-order valence-electron chi connectivity index (χ0n) is 17.5. The van der Waals surface area contributed by atoms with Crippen LogP contribution in [0.3, 0.4) is 0 Å². The first kappa shape index (κ1) is 22.4. The molecule has 1 saturated heterocycles. The van der Waals surface area contributed by atoms with Crippen LogP contribution in [0.1, 0.15) is 21.1 Å². The first-order valence-electron chi connectivity index (χ1n) is 9.81. The van der Waals surface area contributed by atoms with E-state index in [0.29, 0.717) is 41.8 Å². The molecule has 1 N–H and O–H groups in total. The van der Waals surface area contributed by atoms with Crippen LogP contribution in [0, 0.1) is 6.92 Å². The number of sulfonamides is 1. The van der Waals surface area contributed by atoms with Crippen molar-refractivity contribution in [2.45, 2.75) is 18.4 Å². The second-order valence-corrected chi connectivity index (χ2v) is 10.0. The Kier molecular flexibility index (Phi) is 6.55. The summed E-state index contributed by atoms with van der Waals surface area (Å²) >= 11 is 1.21. The predicted octanol–water partition coefficient (Wildman–Crippen LogP) is 2.07. The normalized spacial score (nSPS) is 14.5. The van der Waals surface area contributed by atoms with Crippen molar-refractivity contribution in [1.82, 2.24) is 19.8 Å². The zero-order chi connectivity index (χ0) is 22.7. The van der Waals surface area contributed by atoms with Gasteiger partial charge in [0, 0.05) is 24.5 Å². The highest BCUT2D eigenvalue weighted by molar-refractivity contribution is 7.89. The van der Waals surface area contributed by atoms with Crippen LogP contribution in [0.4, 0.5) is 0 Å². The first-order chi connectivity index (χ1) is 15.4. The van der Waals surface area contributed by atoms with Crippen molar-refractivity contribution in [2.24, 2.45) is 0 Å². The van der Waals surface area contributed by atoms with Crippen LogP contribution in [-0.4, -0.2) is 62.8 Å². The lowest BCUT2D eigenvalue weighted by molar-refractivity contribution is 0.0272. The number of hydrogen-bond donors (Lipinski definition) is 1. The third-order valence-electron chi connectivity index (χ3n) is 4.89. The van der Waals surface area contributed by atoms with Gasteiger partial charge in [-0.2, -0.15) is 4.98 Å². The Morgan fingerprint density at radius 2 is 2.06 bits per heavy atom. The molecular formula is C20H22N4O6S2. The van der Waals surface area contributed by atoms with Gasteiger partial charge in [0.15, 0.2) is 0 Å². The number of hydrogen-bond acceptors (Lipinski definition) is 9. The van der Waals surface area contributed by atoms with E-state index < -0.39 is 10.0 Å². The lowest BCUT2D eigenvalue weighted by Crippen LogP contribution is -2.40. The van der Waals surface area contributed by atoms with E-state index in [2.05, 4.69) is 14.9 Å². The number of benzene rings is 1. The lowest BCUT2D eigenvalue weighted by atomic mass is 10.2. The fraction of sp³-hybridized carbons (Fsp3) is 0.350. The highest BCUT2D eigenvalue weighted by atomic mass is 32.2. The van der Waals surface area contributed by atoms with Crippen molar-refractivity contribution in [1.29, 1.82) is 0 Å². The van der Waals surface area contributed by atoms with E-state index in [1.807, 2.05) is 6.07 Å². The van der Waals surface area contributed by atoms with Crippen molar-refractivity contribution in [3.05, 3.63) is 46.7 Å². The maximum atomic E-state index is 12.9. The highest BCUT2D eigenvalue weighted by Gasteiger charge is 2.26. The molecule has 170 valence electrons. The van der Waals surface area contributed by atoms with E-state index in [1.165, 1.54) is 17.4 Å². The number of carbonyl (C=O) groups is 1. The maximum absolute atomic E-state index is 12.9. The SMILES string of the molecule is COc1cccc(CNS(=O)(=O)c2cc(-c3noc(C(=O)N4CCOCC4)n3)sc2C)c1. The molecule has 0 spiro atoms. The molecule has 0 saturated carbocycles. The van der Waals surface area contributed by atoms with Gasteiger partial charge in [-0.3, -0.25) is 4.79 Å². The van der Waals surface area contributed by atoms with Crippen molar-refractivity contribution in [3.63, 3.8) is 0 Å². The van der Waals surface area contributed by atoms with Gasteiger partial charge >= 0.3 is 11.8 Å². The third-order valence-corrected chi connectivity index (χ3v) is 7.59. The number of aryl methyl sites for hydroxylation is 1. The smallest absolute Gasteiger partial charge is 0.316 e. The van der Waals surface area contributed by atoms with E-state index in [9.17, 15) is 13.2 Å². The summed E-state index contributed by atoms with van der Waals surface area (Å²) in [6.07, 6.45) is 0. The van der Waals surface area contributed by atoms with Gasteiger partial charge in [-0.05, 0) is 30.7 Å². The number of nitrogens with zero attached hydrogens (tertiary/aromatic N) is 3. The largest absolute Gasteiger partial charge is 0.497 e. The topological polar surface area (TPSA) is 124 Å². The number of nitrogens with one attached hydrogen (secondary N) is 1. The minimum atomic E-state index is -3.78. The summed E-state index contributed by atoms with van der Waals surface area (Å²) in [7, 11) is -2.23. The summed E-state index contributed by atoms with van der Waals surface area (Å²) < 4.78 is 43.9. The van der Waals surface area contributed by atoms with Gasteiger partial charge in [0.1, 0.15) is 5.75 Å². The number of methoxy groups -OCH3 is 1. The van der Waals surface area contributed by atoms with Crippen LogP contribution in [0.5, 0.6) is 5.75 Å². The van der Waals surface area contributed by atoms with Crippen LogP contribution in [0.15, 0.2) is 39.8 Å². The molecule has 3 aromatic rings. The summed E-state index contributed by atoms with van der Waals surface area (Å²) in [5.41, 5.74) is 0.769. The van der Waals surface area contributed by atoms with Gasteiger partial charge in [0.2, 0.25) is 15.8 Å². The van der Waals surface area contributed by atoms with Crippen LogP contribution in [-0.2, 0) is 21.3 Å². The Labute approximate surface area is 189 Å². The summed E-state index contributed by atoms with van der Waals surface area (Å²) in [4.78, 5) is 19.5. The van der Waals surface area contributed by atoms with E-state index in [0.717, 1.165) is 5.56 Å². The molecule has 4 rings (SSSR count). The average Bonchev–Trinajstić information content (AvgIpc) is 3.45. The molecule has 0 radical (unpaired) electrons. The number of thiophene rings is 1. The van der Waals surface area contributed by atoms with Crippen molar-refractivity contribution in [3.8, 4) is 16.5 Å². The van der Waals surface area contributed by atoms with Crippen LogP contribution < -0.4 is 9.46 Å². The molecule has 3 heterocycles. The standard InChI is InChI=1S/C20H22N4O6S2/c1-13-17(32(26,27)21-12-14-4-3-5-15(10-14)28-2)11-16(31-13)18-22-19(30-23-18)20(25)24-6-8-29-9-7-24/h3-5,10-11,21H,6-9,12H2,1-2H3. The molecule has 32 heavy (non-hydrogen) atoms. The molecule has 10 nitrogen and oxygen atoms in total. The Morgan fingerprint density at radius 1 is 1.28 bits per heavy atom. The second kappa shape index (κ2) is 9.36. The van der Waals surface area contributed by atoms with Gasteiger partial charge in [0.05, 0.1) is 30.1 Å². The summed E-state index contributed by atoms with van der Waals surface area (Å²) in [6, 6.07) is 8.64.